The zero-order chi connectivity index (χ0) is 13.3. The van der Waals surface area contributed by atoms with Crippen LogP contribution in [0, 0.1) is 5.41 Å². The molecule has 4 heteroatoms. The molecule has 3 nitrogen and oxygen atoms in total. The summed E-state index contributed by atoms with van der Waals surface area (Å²) in [5.74, 6) is 2.50. The van der Waals surface area contributed by atoms with E-state index in [-0.39, 0.29) is 0 Å². The topological polar surface area (TPSA) is 37.8 Å². The number of nitrogens with one attached hydrogen (secondary N) is 1. The lowest BCUT2D eigenvalue weighted by Gasteiger charge is -2.12. The minimum Gasteiger partial charge on any atom is -0.369 e. The molecular formula is C14H22BrN3. The summed E-state index contributed by atoms with van der Waals surface area (Å²) in [5, 5.41) is 3.33. The Kier molecular flexibility index (Phi) is 3.95. The fourth-order valence-electron chi connectivity index (χ4n) is 2.26. The molecule has 1 aromatic rings. The van der Waals surface area contributed by atoms with Crippen molar-refractivity contribution in [2.45, 2.75) is 52.9 Å². The van der Waals surface area contributed by atoms with E-state index < -0.39 is 0 Å². The minimum absolute atomic E-state index is 0.376. The van der Waals surface area contributed by atoms with Gasteiger partial charge in [-0.25, -0.2) is 9.97 Å². The first kappa shape index (κ1) is 13.8. The van der Waals surface area contributed by atoms with Gasteiger partial charge in [0.25, 0.3) is 0 Å². The molecule has 18 heavy (non-hydrogen) atoms. The summed E-state index contributed by atoms with van der Waals surface area (Å²) < 4.78 is 1.04. The summed E-state index contributed by atoms with van der Waals surface area (Å²) in [5.41, 5.74) is 1.52. The number of rotatable bonds is 5. The summed E-state index contributed by atoms with van der Waals surface area (Å²) in [4.78, 5) is 9.46. The molecule has 1 heterocycles. The average molecular weight is 312 g/mol. The molecule has 1 fully saturated rings. The number of hydrogen-bond acceptors (Lipinski definition) is 3. The van der Waals surface area contributed by atoms with Crippen LogP contribution in [0.15, 0.2) is 4.47 Å². The highest BCUT2D eigenvalue weighted by molar-refractivity contribution is 9.10. The van der Waals surface area contributed by atoms with Crippen LogP contribution in [-0.4, -0.2) is 16.5 Å². The second kappa shape index (κ2) is 5.16. The highest BCUT2D eigenvalue weighted by atomic mass is 79.9. The van der Waals surface area contributed by atoms with E-state index in [9.17, 15) is 0 Å². The van der Waals surface area contributed by atoms with Gasteiger partial charge in [-0.3, -0.25) is 0 Å². The Balaban J connectivity index is 2.36. The first-order valence-electron chi connectivity index (χ1n) is 6.79. The summed E-state index contributed by atoms with van der Waals surface area (Å²) in [7, 11) is 0. The number of aryl methyl sites for hydroxylation is 1. The van der Waals surface area contributed by atoms with Crippen molar-refractivity contribution in [3.63, 3.8) is 0 Å². The second-order valence-electron chi connectivity index (χ2n) is 5.72. The Morgan fingerprint density at radius 1 is 1.33 bits per heavy atom. The van der Waals surface area contributed by atoms with Crippen molar-refractivity contribution in [3.05, 3.63) is 16.0 Å². The lowest BCUT2D eigenvalue weighted by Crippen LogP contribution is -2.08. The fraction of sp³-hybridized carbons (Fsp3) is 0.714. The Morgan fingerprint density at radius 3 is 2.50 bits per heavy atom. The average Bonchev–Trinajstić information content (AvgIpc) is 2.94. The summed E-state index contributed by atoms with van der Waals surface area (Å²) >= 11 is 3.63. The zero-order valence-corrected chi connectivity index (χ0v) is 13.3. The lowest BCUT2D eigenvalue weighted by atomic mass is 10.1. The third-order valence-electron chi connectivity index (χ3n) is 3.59. The molecule has 1 saturated carbocycles. The van der Waals surface area contributed by atoms with Crippen LogP contribution in [0.5, 0.6) is 0 Å². The molecule has 1 aromatic heterocycles. The molecule has 1 unspecified atom stereocenters. The molecule has 0 bridgehead atoms. The summed E-state index contributed by atoms with van der Waals surface area (Å²) in [6, 6.07) is 0. The number of hydrogen-bond donors (Lipinski definition) is 1. The van der Waals surface area contributed by atoms with Gasteiger partial charge in [-0.2, -0.15) is 0 Å². The van der Waals surface area contributed by atoms with Gasteiger partial charge in [0, 0.05) is 12.5 Å². The number of aromatic nitrogens is 2. The minimum atomic E-state index is 0.376. The van der Waals surface area contributed by atoms with Crippen LogP contribution in [0.3, 0.4) is 0 Å². The van der Waals surface area contributed by atoms with Gasteiger partial charge < -0.3 is 5.32 Å². The third kappa shape index (κ3) is 2.68. The van der Waals surface area contributed by atoms with Gasteiger partial charge >= 0.3 is 0 Å². The molecule has 0 aromatic carbocycles. The first-order valence-corrected chi connectivity index (χ1v) is 7.59. The number of anilines is 1. The van der Waals surface area contributed by atoms with E-state index in [0.29, 0.717) is 11.3 Å². The van der Waals surface area contributed by atoms with Gasteiger partial charge in [-0.15, -0.1) is 0 Å². The predicted octanol–water partition coefficient (Wildman–Crippen LogP) is 4.14. The molecule has 0 amide bonds. The van der Waals surface area contributed by atoms with Crippen LogP contribution in [0.25, 0.3) is 0 Å². The van der Waals surface area contributed by atoms with Crippen molar-refractivity contribution >= 4 is 21.7 Å². The van der Waals surface area contributed by atoms with E-state index in [0.717, 1.165) is 41.2 Å². The maximum absolute atomic E-state index is 4.76. The van der Waals surface area contributed by atoms with E-state index in [1.165, 1.54) is 6.42 Å². The normalized spacial score (nSPS) is 20.8. The monoisotopic (exact) mass is 311 g/mol. The number of halogens is 1. The van der Waals surface area contributed by atoms with Crippen molar-refractivity contribution in [1.82, 2.24) is 9.97 Å². The fourth-order valence-corrected chi connectivity index (χ4v) is 2.78. The molecule has 0 aliphatic heterocycles. The van der Waals surface area contributed by atoms with E-state index >= 15 is 0 Å². The van der Waals surface area contributed by atoms with Crippen molar-refractivity contribution in [1.29, 1.82) is 0 Å². The number of nitrogens with zero attached hydrogens (tertiary/aromatic N) is 2. The maximum atomic E-state index is 4.76. The quantitative estimate of drug-likeness (QED) is 0.888. The zero-order valence-electron chi connectivity index (χ0n) is 11.7. The molecule has 1 aliphatic carbocycles. The Bertz CT molecular complexity index is 416. The first-order chi connectivity index (χ1) is 8.49. The Morgan fingerprint density at radius 2 is 2.00 bits per heavy atom. The van der Waals surface area contributed by atoms with Gasteiger partial charge in [0.15, 0.2) is 0 Å². The van der Waals surface area contributed by atoms with Crippen molar-refractivity contribution in [3.8, 4) is 0 Å². The molecule has 2 rings (SSSR count). The van der Waals surface area contributed by atoms with E-state index in [4.69, 9.17) is 9.97 Å². The Hall–Kier alpha value is -0.640. The maximum Gasteiger partial charge on any atom is 0.144 e. The lowest BCUT2D eigenvalue weighted by molar-refractivity contribution is 0.606. The summed E-state index contributed by atoms with van der Waals surface area (Å²) in [6.07, 6.45) is 3.31. The predicted molar refractivity (Wildman–Crippen MR) is 79.0 cm³/mol. The standard InChI is InChI=1S/C14H22BrN3/c1-5-7-10-11(15)13(16-6-2)18-12(17-10)9-8-14(9,3)4/h9H,5-8H2,1-4H3,(H,16,17,18). The molecular weight excluding hydrogens is 290 g/mol. The van der Waals surface area contributed by atoms with Crippen LogP contribution in [0.4, 0.5) is 5.82 Å². The molecule has 1 N–H and O–H groups in total. The van der Waals surface area contributed by atoms with Crippen molar-refractivity contribution in [2.75, 3.05) is 11.9 Å². The van der Waals surface area contributed by atoms with E-state index in [2.05, 4.69) is 48.9 Å². The Labute approximate surface area is 118 Å². The third-order valence-corrected chi connectivity index (χ3v) is 4.43. The SMILES string of the molecule is CCCc1nc(C2CC2(C)C)nc(NCC)c1Br. The highest BCUT2D eigenvalue weighted by Crippen LogP contribution is 2.57. The van der Waals surface area contributed by atoms with Crippen LogP contribution in [0.2, 0.25) is 0 Å². The van der Waals surface area contributed by atoms with Crippen LogP contribution >= 0.6 is 15.9 Å². The van der Waals surface area contributed by atoms with E-state index in [1.807, 2.05) is 0 Å². The van der Waals surface area contributed by atoms with Gasteiger partial charge in [0.1, 0.15) is 11.6 Å². The smallest absolute Gasteiger partial charge is 0.144 e. The van der Waals surface area contributed by atoms with Gasteiger partial charge in [-0.05, 0) is 41.1 Å². The van der Waals surface area contributed by atoms with Gasteiger partial charge in [0.2, 0.25) is 0 Å². The van der Waals surface area contributed by atoms with Crippen molar-refractivity contribution < 1.29 is 0 Å². The van der Waals surface area contributed by atoms with Crippen LogP contribution in [0.1, 0.15) is 58.0 Å². The molecule has 0 spiro atoms. The molecule has 0 saturated heterocycles. The van der Waals surface area contributed by atoms with E-state index in [1.54, 1.807) is 0 Å². The molecule has 100 valence electrons. The van der Waals surface area contributed by atoms with Gasteiger partial charge in [-0.1, -0.05) is 27.2 Å². The second-order valence-corrected chi connectivity index (χ2v) is 6.51. The summed E-state index contributed by atoms with van der Waals surface area (Å²) in [6.45, 7) is 9.73. The highest BCUT2D eigenvalue weighted by Gasteiger charge is 2.48. The molecule has 1 atom stereocenters. The van der Waals surface area contributed by atoms with Crippen LogP contribution in [-0.2, 0) is 6.42 Å². The molecule has 1 aliphatic rings. The molecule has 0 radical (unpaired) electrons. The largest absolute Gasteiger partial charge is 0.369 e. The van der Waals surface area contributed by atoms with Crippen LogP contribution < -0.4 is 5.32 Å². The van der Waals surface area contributed by atoms with Gasteiger partial charge in [0.05, 0.1) is 10.2 Å². The van der Waals surface area contributed by atoms with Crippen molar-refractivity contribution in [2.24, 2.45) is 5.41 Å².